The molecule has 1 unspecified atom stereocenters. The number of ether oxygens (including phenoxy) is 1. The summed E-state index contributed by atoms with van der Waals surface area (Å²) < 4.78 is 5.56. The van der Waals surface area contributed by atoms with E-state index < -0.39 is 12.1 Å². The van der Waals surface area contributed by atoms with E-state index in [4.69, 9.17) is 4.74 Å². The zero-order chi connectivity index (χ0) is 16.4. The summed E-state index contributed by atoms with van der Waals surface area (Å²) in [5.74, 6) is -0.705. The molecule has 1 aliphatic rings. The lowest BCUT2D eigenvalue weighted by Crippen LogP contribution is -2.33. The molecule has 0 saturated heterocycles. The third-order valence-electron chi connectivity index (χ3n) is 3.75. The number of carbonyl (C=O) groups is 2. The number of benzene rings is 1. The average Bonchev–Trinajstić information content (AvgIpc) is 3.27. The molecule has 1 N–H and O–H groups in total. The number of rotatable bonds is 5. The van der Waals surface area contributed by atoms with Gasteiger partial charge in [-0.3, -0.25) is 4.79 Å². The molecular weight excluding hydrogens is 310 g/mol. The van der Waals surface area contributed by atoms with Gasteiger partial charge in [-0.2, -0.15) is 0 Å². The third-order valence-corrected chi connectivity index (χ3v) is 4.72. The second-order valence-electron chi connectivity index (χ2n) is 5.81. The van der Waals surface area contributed by atoms with Crippen molar-refractivity contribution in [1.29, 1.82) is 0 Å². The molecule has 0 radical (unpaired) electrons. The van der Waals surface area contributed by atoms with Crippen LogP contribution in [-0.4, -0.2) is 17.9 Å². The van der Waals surface area contributed by atoms with Crippen molar-refractivity contribution in [2.45, 2.75) is 38.8 Å². The summed E-state index contributed by atoms with van der Waals surface area (Å²) in [6, 6.07) is 11.2. The first kappa shape index (κ1) is 15.7. The van der Waals surface area contributed by atoms with Gasteiger partial charge in [-0.05, 0) is 32.8 Å². The van der Waals surface area contributed by atoms with Gasteiger partial charge in [0.25, 0.3) is 5.91 Å². The Morgan fingerprint density at radius 1 is 1.22 bits per heavy atom. The standard InChI is InChI=1S/C18H19NO3S/c1-11-10-15(12(2)23-11)18(21)22-16(13-6-4-3-5-7-13)17(20)19-14-8-9-14/h3-7,10,14,16H,8-9H2,1-2H3,(H,19,20). The summed E-state index contributed by atoms with van der Waals surface area (Å²) >= 11 is 1.55. The van der Waals surface area contributed by atoms with Crippen LogP contribution in [0, 0.1) is 13.8 Å². The van der Waals surface area contributed by atoms with Crippen LogP contribution in [0.2, 0.25) is 0 Å². The fourth-order valence-electron chi connectivity index (χ4n) is 2.41. The van der Waals surface area contributed by atoms with E-state index in [1.165, 1.54) is 0 Å². The molecule has 0 spiro atoms. The molecule has 3 rings (SSSR count). The molecule has 4 nitrogen and oxygen atoms in total. The maximum Gasteiger partial charge on any atom is 0.340 e. The molecule has 0 aliphatic heterocycles. The van der Waals surface area contributed by atoms with Crippen LogP contribution in [0.1, 0.15) is 44.6 Å². The SMILES string of the molecule is Cc1cc(C(=O)OC(C(=O)NC2CC2)c2ccccc2)c(C)s1. The van der Waals surface area contributed by atoms with Gasteiger partial charge in [0.1, 0.15) is 0 Å². The van der Waals surface area contributed by atoms with Crippen LogP contribution in [0.25, 0.3) is 0 Å². The summed E-state index contributed by atoms with van der Waals surface area (Å²) in [5.41, 5.74) is 1.22. The number of nitrogens with one attached hydrogen (secondary N) is 1. The first-order chi connectivity index (χ1) is 11.0. The highest BCUT2D eigenvalue weighted by molar-refractivity contribution is 7.12. The van der Waals surface area contributed by atoms with Crippen molar-refractivity contribution in [3.8, 4) is 0 Å². The second-order valence-corrected chi connectivity index (χ2v) is 7.27. The van der Waals surface area contributed by atoms with Gasteiger partial charge in [-0.15, -0.1) is 11.3 Å². The lowest BCUT2D eigenvalue weighted by Gasteiger charge is -2.18. The zero-order valence-electron chi connectivity index (χ0n) is 13.2. The van der Waals surface area contributed by atoms with Crippen molar-refractivity contribution < 1.29 is 14.3 Å². The van der Waals surface area contributed by atoms with Crippen molar-refractivity contribution in [2.24, 2.45) is 0 Å². The Hall–Kier alpha value is -2.14. The van der Waals surface area contributed by atoms with Gasteiger partial charge >= 0.3 is 5.97 Å². The predicted molar refractivity (Wildman–Crippen MR) is 89.6 cm³/mol. The largest absolute Gasteiger partial charge is 0.444 e. The molecule has 0 bridgehead atoms. The Kier molecular flexibility index (Phi) is 4.48. The van der Waals surface area contributed by atoms with E-state index in [1.54, 1.807) is 23.5 Å². The van der Waals surface area contributed by atoms with E-state index in [0.717, 1.165) is 22.6 Å². The van der Waals surface area contributed by atoms with E-state index in [2.05, 4.69) is 5.32 Å². The zero-order valence-corrected chi connectivity index (χ0v) is 14.0. The van der Waals surface area contributed by atoms with Crippen LogP contribution >= 0.6 is 11.3 Å². The molecule has 1 amide bonds. The van der Waals surface area contributed by atoms with Gasteiger partial charge in [-0.1, -0.05) is 30.3 Å². The van der Waals surface area contributed by atoms with Crippen molar-refractivity contribution in [2.75, 3.05) is 0 Å². The van der Waals surface area contributed by atoms with Gasteiger partial charge in [0.05, 0.1) is 5.56 Å². The monoisotopic (exact) mass is 329 g/mol. The summed E-state index contributed by atoms with van der Waals surface area (Å²) in [6.07, 6.45) is 1.07. The average molecular weight is 329 g/mol. The summed E-state index contributed by atoms with van der Waals surface area (Å²) in [6.45, 7) is 3.83. The van der Waals surface area contributed by atoms with Crippen LogP contribution < -0.4 is 5.32 Å². The highest BCUT2D eigenvalue weighted by Crippen LogP contribution is 2.26. The second kappa shape index (κ2) is 6.54. The van der Waals surface area contributed by atoms with E-state index in [9.17, 15) is 9.59 Å². The van der Waals surface area contributed by atoms with E-state index >= 15 is 0 Å². The van der Waals surface area contributed by atoms with E-state index in [0.29, 0.717) is 11.1 Å². The minimum Gasteiger partial charge on any atom is -0.444 e. The normalized spacial score (nSPS) is 15.0. The number of thiophene rings is 1. The van der Waals surface area contributed by atoms with Gasteiger partial charge in [-0.25, -0.2) is 4.79 Å². The molecule has 120 valence electrons. The van der Waals surface area contributed by atoms with Crippen LogP contribution in [0.15, 0.2) is 36.4 Å². The number of aryl methyl sites for hydroxylation is 2. The van der Waals surface area contributed by atoms with Gasteiger partial charge in [0.15, 0.2) is 0 Å². The maximum atomic E-state index is 12.5. The van der Waals surface area contributed by atoms with Crippen LogP contribution in [-0.2, 0) is 9.53 Å². The van der Waals surface area contributed by atoms with Crippen molar-refractivity contribution in [3.63, 3.8) is 0 Å². The molecule has 23 heavy (non-hydrogen) atoms. The first-order valence-corrected chi connectivity index (χ1v) is 8.49. The number of esters is 1. The molecule has 1 aromatic carbocycles. The molecular formula is C18H19NO3S. The van der Waals surface area contributed by atoms with Gasteiger partial charge in [0.2, 0.25) is 6.10 Å². The lowest BCUT2D eigenvalue weighted by molar-refractivity contribution is -0.130. The fourth-order valence-corrected chi connectivity index (χ4v) is 3.32. The van der Waals surface area contributed by atoms with E-state index in [1.807, 2.05) is 38.1 Å². The van der Waals surface area contributed by atoms with Crippen molar-refractivity contribution in [3.05, 3.63) is 57.3 Å². The smallest absolute Gasteiger partial charge is 0.340 e. The minimum absolute atomic E-state index is 0.220. The Morgan fingerprint density at radius 3 is 2.48 bits per heavy atom. The van der Waals surface area contributed by atoms with Gasteiger partial charge < -0.3 is 10.1 Å². The topological polar surface area (TPSA) is 55.4 Å². The summed E-state index contributed by atoms with van der Waals surface area (Å²) in [5, 5.41) is 2.92. The molecule has 1 atom stereocenters. The first-order valence-electron chi connectivity index (χ1n) is 7.68. The maximum absolute atomic E-state index is 12.5. The van der Waals surface area contributed by atoms with E-state index in [-0.39, 0.29) is 11.9 Å². The summed E-state index contributed by atoms with van der Waals surface area (Å²) in [4.78, 5) is 26.9. The van der Waals surface area contributed by atoms with Gasteiger partial charge in [0, 0.05) is 21.4 Å². The quantitative estimate of drug-likeness (QED) is 0.854. The predicted octanol–water partition coefficient (Wildman–Crippen LogP) is 3.54. The number of hydrogen-bond acceptors (Lipinski definition) is 4. The highest BCUT2D eigenvalue weighted by Gasteiger charge is 2.31. The molecule has 1 aromatic heterocycles. The minimum atomic E-state index is -0.913. The number of carbonyl (C=O) groups excluding carboxylic acids is 2. The Balaban J connectivity index is 1.81. The molecule has 1 heterocycles. The van der Waals surface area contributed by atoms with Crippen LogP contribution in [0.3, 0.4) is 0 Å². The fraction of sp³-hybridized carbons (Fsp3) is 0.333. The number of hydrogen-bond donors (Lipinski definition) is 1. The Bertz CT molecular complexity index is 719. The molecule has 5 heteroatoms. The molecule has 1 saturated carbocycles. The molecule has 1 fully saturated rings. The highest BCUT2D eigenvalue weighted by atomic mass is 32.1. The van der Waals surface area contributed by atoms with Crippen molar-refractivity contribution >= 4 is 23.2 Å². The Morgan fingerprint density at radius 2 is 1.91 bits per heavy atom. The third kappa shape index (κ3) is 3.79. The molecule has 2 aromatic rings. The number of amides is 1. The van der Waals surface area contributed by atoms with Crippen molar-refractivity contribution in [1.82, 2.24) is 5.32 Å². The Labute approximate surface area is 139 Å². The van der Waals surface area contributed by atoms with Crippen LogP contribution in [0.4, 0.5) is 0 Å². The van der Waals surface area contributed by atoms with Crippen LogP contribution in [0.5, 0.6) is 0 Å². The summed E-state index contributed by atoms with van der Waals surface area (Å²) in [7, 11) is 0. The molecule has 1 aliphatic carbocycles. The lowest BCUT2D eigenvalue weighted by atomic mass is 10.1.